The summed E-state index contributed by atoms with van der Waals surface area (Å²) in [5.74, 6) is 0.497. The summed E-state index contributed by atoms with van der Waals surface area (Å²) in [6.07, 6.45) is 6.54. The summed E-state index contributed by atoms with van der Waals surface area (Å²) in [6, 6.07) is 7.10. The second-order valence-electron chi connectivity index (χ2n) is 7.63. The highest BCUT2D eigenvalue weighted by Crippen LogP contribution is 2.37. The van der Waals surface area contributed by atoms with Crippen LogP contribution >= 0.6 is 0 Å². The summed E-state index contributed by atoms with van der Waals surface area (Å²) in [4.78, 5) is 39.6. The molecule has 0 unspecified atom stereocenters. The van der Waals surface area contributed by atoms with E-state index in [0.717, 1.165) is 24.1 Å². The Labute approximate surface area is 167 Å². The van der Waals surface area contributed by atoms with Crippen LogP contribution in [-0.4, -0.2) is 37.0 Å². The first-order valence-electron chi connectivity index (χ1n) is 9.69. The van der Waals surface area contributed by atoms with Crippen LogP contribution in [0.15, 0.2) is 36.9 Å². The Morgan fingerprint density at radius 3 is 2.83 bits per heavy atom. The van der Waals surface area contributed by atoms with Gasteiger partial charge in [-0.2, -0.15) is 0 Å². The Kier molecular flexibility index (Phi) is 3.97. The molecular weight excluding hydrogens is 370 g/mol. The van der Waals surface area contributed by atoms with E-state index in [2.05, 4.69) is 25.6 Å². The smallest absolute Gasteiger partial charge is 0.329 e. The van der Waals surface area contributed by atoms with Crippen LogP contribution in [0.3, 0.4) is 0 Å². The van der Waals surface area contributed by atoms with Gasteiger partial charge in [-0.05, 0) is 30.5 Å². The topological polar surface area (TPSA) is 105 Å². The maximum absolute atomic E-state index is 13.0. The van der Waals surface area contributed by atoms with Gasteiger partial charge in [-0.25, -0.2) is 24.6 Å². The number of aromatic nitrogens is 4. The second-order valence-corrected chi connectivity index (χ2v) is 7.63. The molecule has 3 amide bonds. The van der Waals surface area contributed by atoms with Crippen molar-refractivity contribution in [3.05, 3.63) is 42.5 Å². The quantitative estimate of drug-likeness (QED) is 0.662. The van der Waals surface area contributed by atoms with Crippen molar-refractivity contribution in [2.75, 3.05) is 10.2 Å². The monoisotopic (exact) mass is 391 g/mol. The molecule has 29 heavy (non-hydrogen) atoms. The van der Waals surface area contributed by atoms with Gasteiger partial charge in [0.25, 0.3) is 5.91 Å². The van der Waals surface area contributed by atoms with E-state index in [0.29, 0.717) is 36.4 Å². The fourth-order valence-electron chi connectivity index (χ4n) is 4.24. The number of urea groups is 1. The minimum absolute atomic E-state index is 0.142. The number of imidazole rings is 1. The number of amides is 3. The van der Waals surface area contributed by atoms with Crippen molar-refractivity contribution in [2.24, 2.45) is 7.05 Å². The summed E-state index contributed by atoms with van der Waals surface area (Å²) >= 11 is 0. The van der Waals surface area contributed by atoms with Crippen LogP contribution in [0.5, 0.6) is 0 Å². The largest absolute Gasteiger partial charge is 0.364 e. The van der Waals surface area contributed by atoms with E-state index in [-0.39, 0.29) is 11.9 Å². The van der Waals surface area contributed by atoms with Crippen LogP contribution < -0.4 is 15.5 Å². The molecule has 0 radical (unpaired) electrons. The average molecular weight is 391 g/mol. The van der Waals surface area contributed by atoms with E-state index in [1.807, 2.05) is 29.8 Å². The first kappa shape index (κ1) is 17.6. The molecule has 2 fully saturated rings. The van der Waals surface area contributed by atoms with Gasteiger partial charge in [-0.3, -0.25) is 4.79 Å². The van der Waals surface area contributed by atoms with Gasteiger partial charge in [0, 0.05) is 13.6 Å². The summed E-state index contributed by atoms with van der Waals surface area (Å²) in [6.45, 7) is 0.477. The Bertz CT molecular complexity index is 1120. The lowest BCUT2D eigenvalue weighted by molar-refractivity contribution is -0.121. The standard InChI is InChI=1S/C20H21N7O2/c1-26-12-24-15-16(22-11-23-17(15)26)21-10-13-5-4-6-14(9-13)27-18(28)20(25-19(27)29)7-2-3-8-20/h4-6,9,11-12H,2-3,7-8,10H2,1H3,(H,25,29)(H,21,22,23). The van der Waals surface area contributed by atoms with Gasteiger partial charge < -0.3 is 15.2 Å². The number of carbonyl (C=O) groups excluding carboxylic acids is 2. The van der Waals surface area contributed by atoms with Crippen molar-refractivity contribution >= 4 is 34.6 Å². The molecule has 2 N–H and O–H groups in total. The lowest BCUT2D eigenvalue weighted by Gasteiger charge is -2.20. The third kappa shape index (κ3) is 2.81. The molecule has 1 saturated carbocycles. The molecule has 1 aliphatic heterocycles. The fourth-order valence-corrected chi connectivity index (χ4v) is 4.24. The number of imide groups is 1. The molecule has 2 aliphatic rings. The molecule has 1 aromatic carbocycles. The van der Waals surface area contributed by atoms with Gasteiger partial charge in [0.15, 0.2) is 11.5 Å². The van der Waals surface area contributed by atoms with Gasteiger partial charge in [0.2, 0.25) is 0 Å². The Morgan fingerprint density at radius 2 is 2.00 bits per heavy atom. The van der Waals surface area contributed by atoms with E-state index < -0.39 is 5.54 Å². The van der Waals surface area contributed by atoms with Crippen molar-refractivity contribution < 1.29 is 9.59 Å². The van der Waals surface area contributed by atoms with Crippen molar-refractivity contribution in [2.45, 2.75) is 37.8 Å². The Hall–Kier alpha value is -3.49. The maximum atomic E-state index is 13.0. The summed E-state index contributed by atoms with van der Waals surface area (Å²) in [5.41, 5.74) is 2.25. The van der Waals surface area contributed by atoms with Gasteiger partial charge in [-0.15, -0.1) is 0 Å². The second kappa shape index (κ2) is 6.54. The molecule has 1 aliphatic carbocycles. The summed E-state index contributed by atoms with van der Waals surface area (Å²) in [5, 5.41) is 6.20. The minimum atomic E-state index is -0.711. The number of nitrogens with one attached hydrogen (secondary N) is 2. The predicted octanol–water partition coefficient (Wildman–Crippen LogP) is 2.34. The van der Waals surface area contributed by atoms with E-state index in [9.17, 15) is 9.59 Å². The Morgan fingerprint density at radius 1 is 1.17 bits per heavy atom. The first-order chi connectivity index (χ1) is 14.1. The normalized spacial score (nSPS) is 18.0. The molecule has 0 bridgehead atoms. The molecule has 148 valence electrons. The first-order valence-corrected chi connectivity index (χ1v) is 9.69. The predicted molar refractivity (Wildman–Crippen MR) is 107 cm³/mol. The van der Waals surface area contributed by atoms with Crippen LogP contribution in [0.4, 0.5) is 16.3 Å². The maximum Gasteiger partial charge on any atom is 0.329 e. The lowest BCUT2D eigenvalue weighted by atomic mass is 9.98. The number of carbonyl (C=O) groups is 2. The third-order valence-electron chi connectivity index (χ3n) is 5.74. The SMILES string of the molecule is Cn1cnc2c(NCc3cccc(N4C(=O)NC5(CCCC5)C4=O)c3)ncnc21. The van der Waals surface area contributed by atoms with Crippen LogP contribution in [0.1, 0.15) is 31.2 Å². The number of hydrogen-bond donors (Lipinski definition) is 2. The molecule has 3 heterocycles. The number of anilines is 2. The van der Waals surface area contributed by atoms with E-state index in [4.69, 9.17) is 0 Å². The zero-order valence-electron chi connectivity index (χ0n) is 16.1. The van der Waals surface area contributed by atoms with Gasteiger partial charge >= 0.3 is 6.03 Å². The lowest BCUT2D eigenvalue weighted by Crippen LogP contribution is -2.44. The van der Waals surface area contributed by atoms with Crippen LogP contribution in [0.25, 0.3) is 11.2 Å². The number of hydrogen-bond acceptors (Lipinski definition) is 6. The third-order valence-corrected chi connectivity index (χ3v) is 5.74. The van der Waals surface area contributed by atoms with Crippen molar-refractivity contribution in [1.29, 1.82) is 0 Å². The average Bonchev–Trinajstić information content (AvgIpc) is 3.41. The van der Waals surface area contributed by atoms with Crippen molar-refractivity contribution in [3.63, 3.8) is 0 Å². The van der Waals surface area contributed by atoms with Gasteiger partial charge in [-0.1, -0.05) is 25.0 Å². The Balaban J connectivity index is 1.37. The van der Waals surface area contributed by atoms with Gasteiger partial charge in [0.1, 0.15) is 17.4 Å². The van der Waals surface area contributed by atoms with Crippen LogP contribution in [0.2, 0.25) is 0 Å². The number of nitrogens with zero attached hydrogens (tertiary/aromatic N) is 5. The molecule has 0 atom stereocenters. The molecule has 5 rings (SSSR count). The number of benzene rings is 1. The van der Waals surface area contributed by atoms with Crippen LogP contribution in [-0.2, 0) is 18.4 Å². The summed E-state index contributed by atoms with van der Waals surface area (Å²) < 4.78 is 1.83. The van der Waals surface area contributed by atoms with Crippen molar-refractivity contribution in [3.8, 4) is 0 Å². The fraction of sp³-hybridized carbons (Fsp3) is 0.350. The highest BCUT2D eigenvalue weighted by molar-refractivity contribution is 6.23. The number of aryl methyl sites for hydroxylation is 1. The molecule has 1 spiro atoms. The molecular formula is C20H21N7O2. The molecule has 2 aromatic heterocycles. The van der Waals surface area contributed by atoms with E-state index in [1.54, 1.807) is 12.4 Å². The zero-order valence-corrected chi connectivity index (χ0v) is 16.1. The highest BCUT2D eigenvalue weighted by atomic mass is 16.2. The highest BCUT2D eigenvalue weighted by Gasteiger charge is 2.52. The number of rotatable bonds is 4. The minimum Gasteiger partial charge on any atom is -0.364 e. The summed E-state index contributed by atoms with van der Waals surface area (Å²) in [7, 11) is 1.88. The number of fused-ring (bicyclic) bond motifs is 1. The molecule has 9 nitrogen and oxygen atoms in total. The van der Waals surface area contributed by atoms with E-state index in [1.165, 1.54) is 11.2 Å². The van der Waals surface area contributed by atoms with Gasteiger partial charge in [0.05, 0.1) is 12.0 Å². The van der Waals surface area contributed by atoms with Crippen LogP contribution in [0, 0.1) is 0 Å². The zero-order chi connectivity index (χ0) is 20.0. The molecule has 9 heteroatoms. The van der Waals surface area contributed by atoms with E-state index >= 15 is 0 Å². The molecule has 1 saturated heterocycles. The molecule has 3 aromatic rings. The van der Waals surface area contributed by atoms with Crippen molar-refractivity contribution in [1.82, 2.24) is 24.8 Å².